The minimum absolute atomic E-state index is 0.195. The van der Waals surface area contributed by atoms with E-state index in [1.54, 1.807) is 0 Å². The lowest BCUT2D eigenvalue weighted by atomic mass is 9.94. The molecule has 15 heavy (non-hydrogen) atoms. The molecule has 2 unspecified atom stereocenters. The molecule has 0 aliphatic carbocycles. The fourth-order valence-electron chi connectivity index (χ4n) is 2.67. The number of hydrogen-bond acceptors (Lipinski definition) is 2. The van der Waals surface area contributed by atoms with Gasteiger partial charge >= 0.3 is 0 Å². The Kier molecular flexibility index (Phi) is 1.61. The Balaban J connectivity index is 2.12. The molecule has 3 heteroatoms. The van der Waals surface area contributed by atoms with Crippen molar-refractivity contribution in [1.82, 2.24) is 4.90 Å². The quantitative estimate of drug-likeness (QED) is 0.651. The van der Waals surface area contributed by atoms with Gasteiger partial charge in [-0.2, -0.15) is 0 Å². The zero-order valence-corrected chi connectivity index (χ0v) is 8.64. The molecule has 2 heterocycles. The van der Waals surface area contributed by atoms with E-state index in [0.29, 0.717) is 6.54 Å². The molecule has 0 saturated carbocycles. The lowest BCUT2D eigenvalue weighted by Gasteiger charge is -2.30. The summed E-state index contributed by atoms with van der Waals surface area (Å²) in [5.41, 5.74) is 0.944. The molecule has 0 N–H and O–H groups in total. The molecule has 1 aromatic rings. The van der Waals surface area contributed by atoms with Crippen molar-refractivity contribution < 1.29 is 9.53 Å². The van der Waals surface area contributed by atoms with E-state index in [1.165, 1.54) is 0 Å². The minimum Gasteiger partial charge on any atom is -0.485 e. The molecule has 78 valence electrons. The largest absolute Gasteiger partial charge is 0.485 e. The predicted octanol–water partition coefficient (Wildman–Crippen LogP) is 1.74. The van der Waals surface area contributed by atoms with Crippen molar-refractivity contribution in [3.63, 3.8) is 0 Å². The van der Waals surface area contributed by atoms with Crippen molar-refractivity contribution in [2.75, 3.05) is 6.54 Å². The summed E-state index contributed by atoms with van der Waals surface area (Å²) in [6.45, 7) is 2.76. The lowest BCUT2D eigenvalue weighted by molar-refractivity contribution is -0.119. The number of fused-ring (bicyclic) bond motifs is 4. The fraction of sp³-hybridized carbons (Fsp3) is 0.417. The van der Waals surface area contributed by atoms with Gasteiger partial charge in [-0.3, -0.25) is 4.79 Å². The van der Waals surface area contributed by atoms with Gasteiger partial charge in [0.1, 0.15) is 11.4 Å². The number of carbonyl (C=O) groups is 1. The van der Waals surface area contributed by atoms with Crippen molar-refractivity contribution in [2.24, 2.45) is 0 Å². The predicted molar refractivity (Wildman–Crippen MR) is 55.6 cm³/mol. The molecule has 1 fully saturated rings. The highest BCUT2D eigenvalue weighted by molar-refractivity contribution is 5.53. The molecule has 0 radical (unpaired) electrons. The third-order valence-electron chi connectivity index (χ3n) is 3.31. The maximum absolute atomic E-state index is 11.0. The number of para-hydroxylation sites is 1. The van der Waals surface area contributed by atoms with Crippen LogP contribution >= 0.6 is 0 Å². The van der Waals surface area contributed by atoms with Gasteiger partial charge in [-0.1, -0.05) is 18.2 Å². The normalized spacial score (nSPS) is 32.1. The fourth-order valence-corrected chi connectivity index (χ4v) is 2.67. The molecular formula is C12H13NO2. The third kappa shape index (κ3) is 1.16. The molecule has 2 aliphatic rings. The molecule has 2 atom stereocenters. The van der Waals surface area contributed by atoms with Crippen LogP contribution in [0.15, 0.2) is 24.3 Å². The molecule has 2 aliphatic heterocycles. The highest BCUT2D eigenvalue weighted by atomic mass is 16.5. The Morgan fingerprint density at radius 1 is 1.53 bits per heavy atom. The summed E-state index contributed by atoms with van der Waals surface area (Å²) in [6.07, 6.45) is 1.84. The summed E-state index contributed by atoms with van der Waals surface area (Å²) in [4.78, 5) is 12.8. The summed E-state index contributed by atoms with van der Waals surface area (Å²) in [7, 11) is 0. The second-order valence-corrected chi connectivity index (χ2v) is 4.59. The second kappa shape index (κ2) is 2.75. The van der Waals surface area contributed by atoms with Crippen LogP contribution in [0.5, 0.6) is 5.75 Å². The number of carbonyl (C=O) groups excluding carboxylic acids is 1. The van der Waals surface area contributed by atoms with Gasteiger partial charge in [0.05, 0.1) is 12.6 Å². The molecule has 1 amide bonds. The van der Waals surface area contributed by atoms with Crippen LogP contribution < -0.4 is 4.74 Å². The van der Waals surface area contributed by atoms with Crippen molar-refractivity contribution >= 4 is 6.41 Å². The van der Waals surface area contributed by atoms with Gasteiger partial charge < -0.3 is 9.64 Å². The standard InChI is InChI=1S/C12H13NO2/c1-12-6-10(13(7-12)8-14)9-4-2-3-5-11(9)15-12/h2-5,8,10H,6-7H2,1H3. The number of likely N-dealkylation sites (tertiary alicyclic amines) is 1. The van der Waals surface area contributed by atoms with Crippen molar-refractivity contribution in [1.29, 1.82) is 0 Å². The maximum atomic E-state index is 11.0. The van der Waals surface area contributed by atoms with Crippen LogP contribution in [0.2, 0.25) is 0 Å². The van der Waals surface area contributed by atoms with E-state index in [4.69, 9.17) is 4.74 Å². The van der Waals surface area contributed by atoms with Crippen LogP contribution in [0.25, 0.3) is 0 Å². The Morgan fingerprint density at radius 2 is 2.33 bits per heavy atom. The first kappa shape index (κ1) is 8.77. The van der Waals surface area contributed by atoms with E-state index >= 15 is 0 Å². The van der Waals surface area contributed by atoms with Gasteiger partial charge in [0, 0.05) is 12.0 Å². The van der Waals surface area contributed by atoms with E-state index in [2.05, 4.69) is 6.92 Å². The van der Waals surface area contributed by atoms with Crippen LogP contribution in [0.4, 0.5) is 0 Å². The number of nitrogens with zero attached hydrogens (tertiary/aromatic N) is 1. The topological polar surface area (TPSA) is 29.5 Å². The Morgan fingerprint density at radius 3 is 3.13 bits per heavy atom. The van der Waals surface area contributed by atoms with E-state index < -0.39 is 0 Å². The Bertz CT molecular complexity index is 418. The summed E-state index contributed by atoms with van der Waals surface area (Å²) in [6, 6.07) is 8.19. The number of rotatable bonds is 1. The van der Waals surface area contributed by atoms with Gasteiger partial charge in [0.2, 0.25) is 6.41 Å². The van der Waals surface area contributed by atoms with Crippen molar-refractivity contribution in [3.05, 3.63) is 29.8 Å². The van der Waals surface area contributed by atoms with Gasteiger partial charge in [-0.25, -0.2) is 0 Å². The van der Waals surface area contributed by atoms with E-state index in [-0.39, 0.29) is 11.6 Å². The molecule has 1 saturated heterocycles. The SMILES string of the molecule is CC12CC(c3ccccc3O1)N(C=O)C2. The van der Waals surface area contributed by atoms with Gasteiger partial charge in [0.15, 0.2) is 0 Å². The molecule has 0 spiro atoms. The first-order valence-corrected chi connectivity index (χ1v) is 5.21. The summed E-state index contributed by atoms with van der Waals surface area (Å²) in [5.74, 6) is 0.931. The van der Waals surface area contributed by atoms with E-state index in [9.17, 15) is 4.79 Å². The highest BCUT2D eigenvalue weighted by Crippen LogP contribution is 2.47. The number of benzene rings is 1. The molecule has 2 bridgehead atoms. The van der Waals surface area contributed by atoms with Gasteiger partial charge in [0.25, 0.3) is 0 Å². The van der Waals surface area contributed by atoms with Gasteiger partial charge in [-0.15, -0.1) is 0 Å². The van der Waals surface area contributed by atoms with Crippen LogP contribution in [-0.4, -0.2) is 23.5 Å². The number of hydrogen-bond donors (Lipinski definition) is 0. The zero-order chi connectivity index (χ0) is 10.5. The summed E-state index contributed by atoms with van der Waals surface area (Å²) < 4.78 is 5.94. The average Bonchev–Trinajstić information content (AvgIpc) is 2.51. The van der Waals surface area contributed by atoms with E-state index in [0.717, 1.165) is 24.1 Å². The Hall–Kier alpha value is -1.51. The minimum atomic E-state index is -0.195. The molecule has 3 nitrogen and oxygen atoms in total. The number of ether oxygens (including phenoxy) is 1. The monoisotopic (exact) mass is 203 g/mol. The van der Waals surface area contributed by atoms with Crippen molar-refractivity contribution in [2.45, 2.75) is 25.0 Å². The average molecular weight is 203 g/mol. The summed E-state index contributed by atoms with van der Waals surface area (Å²) >= 11 is 0. The smallest absolute Gasteiger partial charge is 0.210 e. The molecule has 0 aromatic heterocycles. The lowest BCUT2D eigenvalue weighted by Crippen LogP contribution is -2.35. The van der Waals surface area contributed by atoms with Crippen LogP contribution in [-0.2, 0) is 4.79 Å². The van der Waals surface area contributed by atoms with Crippen LogP contribution in [0.3, 0.4) is 0 Å². The molecular weight excluding hydrogens is 190 g/mol. The number of amides is 1. The van der Waals surface area contributed by atoms with Crippen molar-refractivity contribution in [3.8, 4) is 5.75 Å². The highest BCUT2D eigenvalue weighted by Gasteiger charge is 2.47. The van der Waals surface area contributed by atoms with Crippen LogP contribution in [0.1, 0.15) is 24.9 Å². The second-order valence-electron chi connectivity index (χ2n) is 4.59. The van der Waals surface area contributed by atoms with Crippen LogP contribution in [0, 0.1) is 0 Å². The third-order valence-corrected chi connectivity index (χ3v) is 3.31. The van der Waals surface area contributed by atoms with E-state index in [1.807, 2.05) is 29.2 Å². The first-order valence-electron chi connectivity index (χ1n) is 5.21. The summed E-state index contributed by atoms with van der Waals surface area (Å²) in [5, 5.41) is 0. The Labute approximate surface area is 88.6 Å². The molecule has 1 aromatic carbocycles. The van der Waals surface area contributed by atoms with Gasteiger partial charge in [-0.05, 0) is 13.0 Å². The maximum Gasteiger partial charge on any atom is 0.210 e. The molecule has 3 rings (SSSR count). The first-order chi connectivity index (χ1) is 7.22. The zero-order valence-electron chi connectivity index (χ0n) is 8.64.